The normalized spacial score (nSPS) is 11.6. The smallest absolute Gasteiger partial charge is 0.328 e. The van der Waals surface area contributed by atoms with Crippen molar-refractivity contribution in [1.82, 2.24) is 14.9 Å². The summed E-state index contributed by atoms with van der Waals surface area (Å²) in [6.45, 7) is 2.24. The van der Waals surface area contributed by atoms with E-state index in [-0.39, 0.29) is 18.5 Å². The summed E-state index contributed by atoms with van der Waals surface area (Å²) in [5, 5.41) is 11.8. The van der Waals surface area contributed by atoms with Crippen LogP contribution in [0.3, 0.4) is 0 Å². The molecule has 1 aromatic carbocycles. The molecule has 0 saturated heterocycles. The third-order valence-electron chi connectivity index (χ3n) is 4.00. The van der Waals surface area contributed by atoms with Gasteiger partial charge >= 0.3 is 11.7 Å². The Labute approximate surface area is 154 Å². The Morgan fingerprint density at radius 1 is 1.26 bits per heavy atom. The fourth-order valence-electron chi connectivity index (χ4n) is 2.46. The minimum Gasteiger partial charge on any atom is -0.494 e. The molecule has 1 aromatic heterocycles. The Bertz CT molecular complexity index is 929. The molecule has 0 bridgehead atoms. The van der Waals surface area contributed by atoms with Crippen molar-refractivity contribution in [2.45, 2.75) is 13.3 Å². The van der Waals surface area contributed by atoms with Crippen LogP contribution in [0.4, 0.5) is 0 Å². The second kappa shape index (κ2) is 8.84. The molecule has 0 spiro atoms. The first-order valence-electron chi connectivity index (χ1n) is 8.35. The summed E-state index contributed by atoms with van der Waals surface area (Å²) in [6.07, 6.45) is 1.22. The number of aromatic nitrogens is 2. The molecule has 0 aliphatic carbocycles. The lowest BCUT2D eigenvalue weighted by Crippen LogP contribution is -2.41. The summed E-state index contributed by atoms with van der Waals surface area (Å²) in [4.78, 5) is 49.2. The van der Waals surface area contributed by atoms with Gasteiger partial charge in [-0.15, -0.1) is 0 Å². The zero-order chi connectivity index (χ0) is 20.0. The number of benzene rings is 1. The molecule has 0 saturated carbocycles. The standard InChI is InChI=1S/C18H21N3O6/c1-3-27-13-6-4-11(5-7-13)8-12(17(24)25)9-19-15(22)14-10-20-18(26)21(2)16(14)23/h4-7,10,12H,3,8-9H2,1-2H3,(H,19,22)(H,20,26)(H,24,25). The number of carbonyl (C=O) groups is 2. The molecule has 0 aliphatic rings. The maximum Gasteiger partial charge on any atom is 0.328 e. The third kappa shape index (κ3) is 5.06. The van der Waals surface area contributed by atoms with Gasteiger partial charge in [0.25, 0.3) is 11.5 Å². The number of ether oxygens (including phenoxy) is 1. The lowest BCUT2D eigenvalue weighted by Gasteiger charge is -2.14. The first-order valence-corrected chi connectivity index (χ1v) is 8.35. The van der Waals surface area contributed by atoms with Crippen LogP contribution in [0.5, 0.6) is 5.75 Å². The molecule has 144 valence electrons. The summed E-state index contributed by atoms with van der Waals surface area (Å²) in [7, 11) is 1.24. The largest absolute Gasteiger partial charge is 0.494 e. The van der Waals surface area contributed by atoms with Crippen molar-refractivity contribution in [3.8, 4) is 5.75 Å². The number of hydrogen-bond donors (Lipinski definition) is 3. The van der Waals surface area contributed by atoms with Gasteiger partial charge in [-0.1, -0.05) is 12.1 Å². The predicted molar refractivity (Wildman–Crippen MR) is 97.1 cm³/mol. The number of aromatic amines is 1. The number of nitrogens with zero attached hydrogens (tertiary/aromatic N) is 1. The maximum atomic E-state index is 12.2. The molecule has 0 fully saturated rings. The van der Waals surface area contributed by atoms with Crippen molar-refractivity contribution in [3.63, 3.8) is 0 Å². The highest BCUT2D eigenvalue weighted by molar-refractivity contribution is 5.93. The molecule has 1 atom stereocenters. The molecular weight excluding hydrogens is 354 g/mol. The van der Waals surface area contributed by atoms with E-state index in [1.54, 1.807) is 24.3 Å². The zero-order valence-electron chi connectivity index (χ0n) is 15.0. The quantitative estimate of drug-likeness (QED) is 0.602. The van der Waals surface area contributed by atoms with Crippen LogP contribution in [-0.4, -0.2) is 39.7 Å². The van der Waals surface area contributed by atoms with Gasteiger partial charge in [-0.2, -0.15) is 0 Å². The number of amides is 1. The summed E-state index contributed by atoms with van der Waals surface area (Å²) >= 11 is 0. The molecule has 3 N–H and O–H groups in total. The van der Waals surface area contributed by atoms with Crippen LogP contribution in [0, 0.1) is 5.92 Å². The fourth-order valence-corrected chi connectivity index (χ4v) is 2.46. The second-order valence-corrected chi connectivity index (χ2v) is 5.90. The minimum atomic E-state index is -1.07. The molecule has 2 rings (SSSR count). The van der Waals surface area contributed by atoms with Gasteiger partial charge in [0, 0.05) is 19.8 Å². The van der Waals surface area contributed by atoms with Crippen LogP contribution in [0.15, 0.2) is 40.1 Å². The van der Waals surface area contributed by atoms with Gasteiger partial charge in [0.1, 0.15) is 11.3 Å². The lowest BCUT2D eigenvalue weighted by molar-refractivity contribution is -0.141. The van der Waals surface area contributed by atoms with Gasteiger partial charge in [-0.05, 0) is 31.0 Å². The van der Waals surface area contributed by atoms with E-state index in [2.05, 4.69) is 10.3 Å². The number of H-pyrrole nitrogens is 1. The van der Waals surface area contributed by atoms with Crippen molar-refractivity contribution in [1.29, 1.82) is 0 Å². The third-order valence-corrected chi connectivity index (χ3v) is 4.00. The van der Waals surface area contributed by atoms with E-state index in [4.69, 9.17) is 4.74 Å². The van der Waals surface area contributed by atoms with E-state index < -0.39 is 29.0 Å². The van der Waals surface area contributed by atoms with E-state index in [1.165, 1.54) is 7.05 Å². The van der Waals surface area contributed by atoms with Crippen LogP contribution in [0.1, 0.15) is 22.8 Å². The molecule has 9 nitrogen and oxygen atoms in total. The second-order valence-electron chi connectivity index (χ2n) is 5.90. The SMILES string of the molecule is CCOc1ccc(CC(CNC(=O)c2c[nH]c(=O)n(C)c2=O)C(=O)O)cc1. The van der Waals surface area contributed by atoms with Crippen molar-refractivity contribution in [2.24, 2.45) is 13.0 Å². The monoisotopic (exact) mass is 375 g/mol. The summed E-state index contributed by atoms with van der Waals surface area (Å²) in [6, 6.07) is 7.03. The first kappa shape index (κ1) is 20.0. The van der Waals surface area contributed by atoms with Gasteiger partial charge < -0.3 is 20.1 Å². The van der Waals surface area contributed by atoms with Gasteiger partial charge in [0.15, 0.2) is 0 Å². The fraction of sp³-hybridized carbons (Fsp3) is 0.333. The molecule has 0 aliphatic heterocycles. The molecule has 1 amide bonds. The number of rotatable bonds is 8. The highest BCUT2D eigenvalue weighted by Gasteiger charge is 2.21. The zero-order valence-corrected chi connectivity index (χ0v) is 15.0. The van der Waals surface area contributed by atoms with Crippen molar-refractivity contribution in [3.05, 3.63) is 62.4 Å². The number of carbonyl (C=O) groups excluding carboxylic acids is 1. The van der Waals surface area contributed by atoms with E-state index in [0.29, 0.717) is 12.4 Å². The highest BCUT2D eigenvalue weighted by atomic mass is 16.5. The number of carboxylic acid groups (broad SMARTS) is 1. The Morgan fingerprint density at radius 2 is 1.93 bits per heavy atom. The topological polar surface area (TPSA) is 130 Å². The molecular formula is C18H21N3O6. The Balaban J connectivity index is 2.05. The molecule has 1 heterocycles. The number of hydrogen-bond acceptors (Lipinski definition) is 5. The molecule has 0 radical (unpaired) electrons. The van der Waals surface area contributed by atoms with Crippen LogP contribution in [0.2, 0.25) is 0 Å². The number of carboxylic acids is 1. The van der Waals surface area contributed by atoms with Gasteiger partial charge in [0.2, 0.25) is 0 Å². The minimum absolute atomic E-state index is 0.163. The van der Waals surface area contributed by atoms with Crippen molar-refractivity contribution < 1.29 is 19.4 Å². The highest BCUT2D eigenvalue weighted by Crippen LogP contribution is 2.15. The van der Waals surface area contributed by atoms with Gasteiger partial charge in [-0.25, -0.2) is 4.79 Å². The van der Waals surface area contributed by atoms with E-state index in [1.807, 2.05) is 6.92 Å². The summed E-state index contributed by atoms with van der Waals surface area (Å²) < 4.78 is 6.11. The van der Waals surface area contributed by atoms with Gasteiger partial charge in [0.05, 0.1) is 12.5 Å². The summed E-state index contributed by atoms with van der Waals surface area (Å²) in [5.41, 5.74) is -0.882. The van der Waals surface area contributed by atoms with Crippen molar-refractivity contribution in [2.75, 3.05) is 13.2 Å². The van der Waals surface area contributed by atoms with E-state index in [0.717, 1.165) is 16.3 Å². The average molecular weight is 375 g/mol. The molecule has 1 unspecified atom stereocenters. The molecule has 2 aromatic rings. The van der Waals surface area contributed by atoms with Crippen LogP contribution < -0.4 is 21.3 Å². The molecule has 9 heteroatoms. The van der Waals surface area contributed by atoms with Crippen molar-refractivity contribution >= 4 is 11.9 Å². The van der Waals surface area contributed by atoms with Crippen LogP contribution in [-0.2, 0) is 18.3 Å². The van der Waals surface area contributed by atoms with Crippen LogP contribution in [0.25, 0.3) is 0 Å². The number of nitrogens with one attached hydrogen (secondary N) is 2. The number of aliphatic carboxylic acids is 1. The van der Waals surface area contributed by atoms with Gasteiger partial charge in [-0.3, -0.25) is 19.0 Å². The van der Waals surface area contributed by atoms with E-state index >= 15 is 0 Å². The maximum absolute atomic E-state index is 12.2. The van der Waals surface area contributed by atoms with Crippen LogP contribution >= 0.6 is 0 Å². The first-order chi connectivity index (χ1) is 12.8. The lowest BCUT2D eigenvalue weighted by atomic mass is 9.99. The Kier molecular flexibility index (Phi) is 6.53. The summed E-state index contributed by atoms with van der Waals surface area (Å²) in [5.74, 6) is -2.00. The molecule has 27 heavy (non-hydrogen) atoms. The average Bonchev–Trinajstić information content (AvgIpc) is 2.64. The predicted octanol–water partition coefficient (Wildman–Crippen LogP) is 0.146. The Morgan fingerprint density at radius 3 is 2.52 bits per heavy atom. The van der Waals surface area contributed by atoms with E-state index in [9.17, 15) is 24.3 Å². The Hall–Kier alpha value is -3.36.